The first-order valence-corrected chi connectivity index (χ1v) is 8.00. The van der Waals surface area contributed by atoms with Gasteiger partial charge in [-0.25, -0.2) is 9.97 Å². The van der Waals surface area contributed by atoms with Crippen LogP contribution in [0.25, 0.3) is 11.4 Å². The molecular formula is C18H21N5O. The van der Waals surface area contributed by atoms with E-state index in [1.54, 1.807) is 18.3 Å². The van der Waals surface area contributed by atoms with Gasteiger partial charge in [0, 0.05) is 36.7 Å². The van der Waals surface area contributed by atoms with Crippen molar-refractivity contribution in [1.29, 1.82) is 0 Å². The van der Waals surface area contributed by atoms with Crippen molar-refractivity contribution in [2.75, 3.05) is 5.32 Å². The molecule has 24 heavy (non-hydrogen) atoms. The molecule has 0 bridgehead atoms. The summed E-state index contributed by atoms with van der Waals surface area (Å²) in [5.41, 5.74) is 1.48. The fourth-order valence-corrected chi connectivity index (χ4v) is 2.51. The number of aromatic hydroxyl groups is 1. The van der Waals surface area contributed by atoms with Crippen molar-refractivity contribution in [3.8, 4) is 17.1 Å². The molecule has 2 N–H and O–H groups in total. The number of nitrogens with one attached hydrogen (secondary N) is 1. The average molecular weight is 323 g/mol. The molecule has 2 heterocycles. The van der Waals surface area contributed by atoms with Gasteiger partial charge in [0.2, 0.25) is 0 Å². The average Bonchev–Trinajstić information content (AvgIpc) is 3.06. The number of benzene rings is 1. The number of hydrogen-bond acceptors (Lipinski definition) is 5. The van der Waals surface area contributed by atoms with Gasteiger partial charge in [0.25, 0.3) is 0 Å². The summed E-state index contributed by atoms with van der Waals surface area (Å²) in [5, 5.41) is 17.6. The van der Waals surface area contributed by atoms with E-state index in [4.69, 9.17) is 0 Å². The minimum Gasteiger partial charge on any atom is -0.507 e. The normalized spacial score (nSPS) is 12.1. The lowest BCUT2D eigenvalue weighted by Crippen LogP contribution is -2.19. The van der Waals surface area contributed by atoms with E-state index in [-0.39, 0.29) is 11.8 Å². The van der Waals surface area contributed by atoms with Crippen LogP contribution in [0.4, 0.5) is 5.82 Å². The molecule has 0 aliphatic carbocycles. The van der Waals surface area contributed by atoms with E-state index >= 15 is 0 Å². The van der Waals surface area contributed by atoms with Crippen molar-refractivity contribution in [2.45, 2.75) is 32.9 Å². The number of aryl methyl sites for hydroxylation is 2. The van der Waals surface area contributed by atoms with Gasteiger partial charge in [-0.3, -0.25) is 4.68 Å². The molecule has 0 unspecified atom stereocenters. The molecule has 124 valence electrons. The fourth-order valence-electron chi connectivity index (χ4n) is 2.51. The third-order valence-corrected chi connectivity index (χ3v) is 3.74. The van der Waals surface area contributed by atoms with E-state index in [9.17, 15) is 5.11 Å². The van der Waals surface area contributed by atoms with Gasteiger partial charge in [-0.1, -0.05) is 12.1 Å². The summed E-state index contributed by atoms with van der Waals surface area (Å²) in [5.74, 6) is 1.46. The number of phenols is 1. The number of para-hydroxylation sites is 1. The Balaban J connectivity index is 1.73. The zero-order valence-corrected chi connectivity index (χ0v) is 13.8. The third-order valence-electron chi connectivity index (χ3n) is 3.74. The Hall–Kier alpha value is -2.89. The van der Waals surface area contributed by atoms with Crippen LogP contribution in [0.3, 0.4) is 0 Å². The monoisotopic (exact) mass is 323 g/mol. The van der Waals surface area contributed by atoms with Gasteiger partial charge >= 0.3 is 0 Å². The molecule has 2 aromatic heterocycles. The summed E-state index contributed by atoms with van der Waals surface area (Å²) in [4.78, 5) is 8.98. The molecular weight excluding hydrogens is 302 g/mol. The second-order valence-corrected chi connectivity index (χ2v) is 5.84. The van der Waals surface area contributed by atoms with Crippen LogP contribution in [-0.4, -0.2) is 30.9 Å². The summed E-state index contributed by atoms with van der Waals surface area (Å²) in [6.07, 6.45) is 4.67. The van der Waals surface area contributed by atoms with Crippen molar-refractivity contribution in [3.63, 3.8) is 0 Å². The van der Waals surface area contributed by atoms with Crippen LogP contribution in [-0.2, 0) is 6.54 Å². The lowest BCUT2D eigenvalue weighted by atomic mass is 10.2. The van der Waals surface area contributed by atoms with Gasteiger partial charge in [-0.2, -0.15) is 5.10 Å². The highest BCUT2D eigenvalue weighted by Gasteiger charge is 2.10. The highest BCUT2D eigenvalue weighted by Crippen LogP contribution is 2.26. The molecule has 6 nitrogen and oxygen atoms in total. The second-order valence-electron chi connectivity index (χ2n) is 5.84. The van der Waals surface area contributed by atoms with Gasteiger partial charge in [0.15, 0.2) is 5.82 Å². The molecule has 0 fully saturated rings. The quantitative estimate of drug-likeness (QED) is 0.728. The summed E-state index contributed by atoms with van der Waals surface area (Å²) < 4.78 is 1.91. The van der Waals surface area contributed by atoms with Crippen molar-refractivity contribution in [1.82, 2.24) is 19.7 Å². The van der Waals surface area contributed by atoms with Gasteiger partial charge in [-0.05, 0) is 38.5 Å². The molecule has 0 amide bonds. The maximum atomic E-state index is 10.0. The van der Waals surface area contributed by atoms with E-state index in [0.29, 0.717) is 11.4 Å². The molecule has 0 saturated heterocycles. The van der Waals surface area contributed by atoms with Crippen LogP contribution < -0.4 is 5.32 Å². The summed E-state index contributed by atoms with van der Waals surface area (Å²) in [6, 6.07) is 11.2. The van der Waals surface area contributed by atoms with Crippen LogP contribution in [0.1, 0.15) is 19.0 Å². The number of nitrogens with zero attached hydrogens (tertiary/aromatic N) is 4. The Kier molecular flexibility index (Phi) is 4.74. The van der Waals surface area contributed by atoms with Gasteiger partial charge < -0.3 is 10.4 Å². The van der Waals surface area contributed by atoms with Crippen molar-refractivity contribution in [2.24, 2.45) is 0 Å². The first-order valence-electron chi connectivity index (χ1n) is 8.00. The Morgan fingerprint density at radius 3 is 2.79 bits per heavy atom. The van der Waals surface area contributed by atoms with Crippen molar-refractivity contribution >= 4 is 5.82 Å². The molecule has 1 aromatic carbocycles. The van der Waals surface area contributed by atoms with Gasteiger partial charge in [-0.15, -0.1) is 0 Å². The number of hydrogen-bond donors (Lipinski definition) is 2. The minimum atomic E-state index is 0.181. The molecule has 0 saturated carbocycles. The number of phenolic OH excluding ortho intramolecular Hbond substituents is 1. The zero-order chi connectivity index (χ0) is 16.9. The largest absolute Gasteiger partial charge is 0.507 e. The van der Waals surface area contributed by atoms with Crippen LogP contribution in [0, 0.1) is 6.92 Å². The van der Waals surface area contributed by atoms with Crippen molar-refractivity contribution in [3.05, 3.63) is 54.5 Å². The summed E-state index contributed by atoms with van der Waals surface area (Å²) >= 11 is 0. The molecule has 3 rings (SSSR count). The summed E-state index contributed by atoms with van der Waals surface area (Å²) in [7, 11) is 0. The molecule has 0 aliphatic heterocycles. The van der Waals surface area contributed by atoms with E-state index in [0.717, 1.165) is 24.5 Å². The topological polar surface area (TPSA) is 75.9 Å². The number of rotatable bonds is 6. The molecule has 0 aliphatic rings. The Morgan fingerprint density at radius 1 is 1.21 bits per heavy atom. The predicted molar refractivity (Wildman–Crippen MR) is 93.8 cm³/mol. The molecule has 1 atom stereocenters. The minimum absolute atomic E-state index is 0.181. The van der Waals surface area contributed by atoms with Gasteiger partial charge in [0.1, 0.15) is 11.6 Å². The summed E-state index contributed by atoms with van der Waals surface area (Å²) in [6.45, 7) is 4.88. The smallest absolute Gasteiger partial charge is 0.165 e. The Morgan fingerprint density at radius 2 is 2.04 bits per heavy atom. The standard InChI is InChI=1S/C18H21N5O/c1-13(8-11-23-10-5-9-19-23)20-17-12-14(2)21-18(22-17)15-6-3-4-7-16(15)24/h3-7,9-10,12-13,24H,8,11H2,1-2H3,(H,20,21,22)/t13-/m1/s1. The maximum absolute atomic E-state index is 10.0. The highest BCUT2D eigenvalue weighted by atomic mass is 16.3. The molecule has 6 heteroatoms. The number of aromatic nitrogens is 4. The highest BCUT2D eigenvalue weighted by molar-refractivity contribution is 5.64. The lowest BCUT2D eigenvalue weighted by molar-refractivity contribution is 0.477. The first kappa shape index (κ1) is 16.0. The lowest BCUT2D eigenvalue weighted by Gasteiger charge is -2.15. The Bertz CT molecular complexity index is 801. The molecule has 3 aromatic rings. The van der Waals surface area contributed by atoms with E-state index < -0.39 is 0 Å². The van der Waals surface area contributed by atoms with E-state index in [1.165, 1.54) is 0 Å². The zero-order valence-electron chi connectivity index (χ0n) is 13.8. The van der Waals surface area contributed by atoms with Crippen LogP contribution >= 0.6 is 0 Å². The van der Waals surface area contributed by atoms with E-state index in [1.807, 2.05) is 42.1 Å². The van der Waals surface area contributed by atoms with Crippen molar-refractivity contribution < 1.29 is 5.11 Å². The van der Waals surface area contributed by atoms with Gasteiger partial charge in [0.05, 0.1) is 5.56 Å². The van der Waals surface area contributed by atoms with Crippen LogP contribution in [0.2, 0.25) is 0 Å². The van der Waals surface area contributed by atoms with E-state index in [2.05, 4.69) is 27.3 Å². The van der Waals surface area contributed by atoms with Crippen LogP contribution in [0.15, 0.2) is 48.8 Å². The Labute approximate surface area is 141 Å². The maximum Gasteiger partial charge on any atom is 0.165 e. The fraction of sp³-hybridized carbons (Fsp3) is 0.278. The third kappa shape index (κ3) is 3.90. The SMILES string of the molecule is Cc1cc(N[C@H](C)CCn2cccn2)nc(-c2ccccc2O)n1. The molecule has 0 radical (unpaired) electrons. The second kappa shape index (κ2) is 7.12. The predicted octanol–water partition coefficient (Wildman–Crippen LogP) is 3.24. The first-order chi connectivity index (χ1) is 11.6. The van der Waals surface area contributed by atoms with Crippen LogP contribution in [0.5, 0.6) is 5.75 Å². The molecule has 0 spiro atoms. The number of anilines is 1.